The molecule has 126 valence electrons. The first-order valence-corrected chi connectivity index (χ1v) is 7.86. The van der Waals surface area contributed by atoms with Crippen molar-refractivity contribution in [3.63, 3.8) is 0 Å². The Balaban J connectivity index is 2.14. The number of nitrogens with zero attached hydrogens (tertiary/aromatic N) is 1. The van der Waals surface area contributed by atoms with Crippen molar-refractivity contribution in [1.29, 1.82) is 0 Å². The summed E-state index contributed by atoms with van der Waals surface area (Å²) in [6, 6.07) is 18.3. The minimum absolute atomic E-state index is 0.112. The second kappa shape index (κ2) is 8.72. The molecule has 2 aromatic rings. The van der Waals surface area contributed by atoms with Crippen LogP contribution < -0.4 is 0 Å². The molecule has 5 heteroatoms. The number of carbonyl (C=O) groups excluding carboxylic acids is 1. The van der Waals surface area contributed by atoms with Crippen molar-refractivity contribution in [3.8, 4) is 0 Å². The average molecular weight is 327 g/mol. The summed E-state index contributed by atoms with van der Waals surface area (Å²) in [5.74, 6) is -1.07. The van der Waals surface area contributed by atoms with Gasteiger partial charge in [-0.05, 0) is 17.5 Å². The van der Waals surface area contributed by atoms with E-state index < -0.39 is 18.6 Å². The van der Waals surface area contributed by atoms with Gasteiger partial charge in [-0.3, -0.25) is 9.69 Å². The summed E-state index contributed by atoms with van der Waals surface area (Å²) in [6.45, 7) is 1.62. The van der Waals surface area contributed by atoms with Gasteiger partial charge in [0.15, 0.2) is 0 Å². The largest absolute Gasteiger partial charge is 0.480 e. The summed E-state index contributed by atoms with van der Waals surface area (Å²) in [5.41, 5.74) is 1.74. The fourth-order valence-corrected chi connectivity index (χ4v) is 2.56. The summed E-state index contributed by atoms with van der Waals surface area (Å²) in [6.07, 6.45) is -0.0328. The minimum atomic E-state index is -1.07. The summed E-state index contributed by atoms with van der Waals surface area (Å²) < 4.78 is 5.32. The molecule has 24 heavy (non-hydrogen) atoms. The standard InChI is InChI=1S/C19H21NO4/c1-2-17(16-11-7-4-8-12-16)20(13-18(21)22)19(23)24-14-15-9-5-3-6-10-15/h3-12,17H,2,13-14H2,1H3,(H,21,22). The van der Waals surface area contributed by atoms with Crippen LogP contribution in [-0.2, 0) is 16.1 Å². The van der Waals surface area contributed by atoms with Crippen LogP contribution in [-0.4, -0.2) is 28.6 Å². The molecule has 2 aromatic carbocycles. The van der Waals surface area contributed by atoms with Crippen LogP contribution >= 0.6 is 0 Å². The highest BCUT2D eigenvalue weighted by molar-refractivity contribution is 5.77. The summed E-state index contributed by atoms with van der Waals surface area (Å²) in [4.78, 5) is 24.9. The highest BCUT2D eigenvalue weighted by Gasteiger charge is 2.27. The predicted octanol–water partition coefficient (Wildman–Crippen LogP) is 3.86. The van der Waals surface area contributed by atoms with Gasteiger partial charge in [0.05, 0.1) is 6.04 Å². The van der Waals surface area contributed by atoms with Crippen molar-refractivity contribution in [2.45, 2.75) is 26.0 Å². The Labute approximate surface area is 141 Å². The number of amides is 1. The third-order valence-electron chi connectivity index (χ3n) is 3.69. The Hall–Kier alpha value is -2.82. The number of benzene rings is 2. The molecule has 0 aliphatic carbocycles. The molecular weight excluding hydrogens is 306 g/mol. The lowest BCUT2D eigenvalue weighted by atomic mass is 10.0. The zero-order valence-electron chi connectivity index (χ0n) is 13.6. The molecule has 0 radical (unpaired) electrons. The van der Waals surface area contributed by atoms with Crippen molar-refractivity contribution in [2.24, 2.45) is 0 Å². The maximum atomic E-state index is 12.5. The zero-order chi connectivity index (χ0) is 17.4. The Morgan fingerprint density at radius 3 is 2.17 bits per heavy atom. The quantitative estimate of drug-likeness (QED) is 0.838. The molecule has 1 atom stereocenters. The first-order chi connectivity index (χ1) is 11.6. The molecule has 0 heterocycles. The molecule has 0 saturated carbocycles. The average Bonchev–Trinajstić information content (AvgIpc) is 2.61. The van der Waals surface area contributed by atoms with Crippen LogP contribution in [0.15, 0.2) is 60.7 Å². The van der Waals surface area contributed by atoms with E-state index >= 15 is 0 Å². The molecule has 0 aliphatic heterocycles. The lowest BCUT2D eigenvalue weighted by Crippen LogP contribution is -2.39. The normalized spacial score (nSPS) is 11.5. The maximum Gasteiger partial charge on any atom is 0.411 e. The smallest absolute Gasteiger partial charge is 0.411 e. The van der Waals surface area contributed by atoms with E-state index in [9.17, 15) is 9.59 Å². The van der Waals surface area contributed by atoms with Crippen LogP contribution in [0.25, 0.3) is 0 Å². The van der Waals surface area contributed by atoms with Gasteiger partial charge in [-0.15, -0.1) is 0 Å². The van der Waals surface area contributed by atoms with Crippen molar-refractivity contribution >= 4 is 12.1 Å². The SMILES string of the molecule is CCC(c1ccccc1)N(CC(=O)O)C(=O)OCc1ccccc1. The second-order valence-electron chi connectivity index (χ2n) is 5.40. The number of hydrogen-bond acceptors (Lipinski definition) is 3. The van der Waals surface area contributed by atoms with Crippen LogP contribution in [0.3, 0.4) is 0 Å². The van der Waals surface area contributed by atoms with Gasteiger partial charge < -0.3 is 9.84 Å². The summed E-state index contributed by atoms with van der Waals surface area (Å²) >= 11 is 0. The van der Waals surface area contributed by atoms with E-state index in [2.05, 4.69) is 0 Å². The van der Waals surface area contributed by atoms with E-state index in [1.165, 1.54) is 4.90 Å². The molecule has 1 unspecified atom stereocenters. The molecule has 0 fully saturated rings. The summed E-state index contributed by atoms with van der Waals surface area (Å²) in [5, 5.41) is 9.16. The van der Waals surface area contributed by atoms with Crippen LogP contribution in [0.5, 0.6) is 0 Å². The first kappa shape index (κ1) is 17.5. The molecule has 2 rings (SSSR count). The van der Waals surface area contributed by atoms with Crippen LogP contribution in [0.1, 0.15) is 30.5 Å². The first-order valence-electron chi connectivity index (χ1n) is 7.86. The fourth-order valence-electron chi connectivity index (χ4n) is 2.56. The van der Waals surface area contributed by atoms with Crippen molar-refractivity contribution in [2.75, 3.05) is 6.54 Å². The van der Waals surface area contributed by atoms with Crippen molar-refractivity contribution < 1.29 is 19.4 Å². The zero-order valence-corrected chi connectivity index (χ0v) is 13.6. The number of aliphatic carboxylic acids is 1. The Morgan fingerprint density at radius 2 is 1.62 bits per heavy atom. The third-order valence-corrected chi connectivity index (χ3v) is 3.69. The Morgan fingerprint density at radius 1 is 1.04 bits per heavy atom. The van der Waals surface area contributed by atoms with Crippen LogP contribution in [0.4, 0.5) is 4.79 Å². The van der Waals surface area contributed by atoms with E-state index in [1.807, 2.05) is 67.6 Å². The molecule has 0 spiro atoms. The van der Waals surface area contributed by atoms with Crippen molar-refractivity contribution in [1.82, 2.24) is 4.90 Å². The Bertz CT molecular complexity index is 658. The molecule has 0 aromatic heterocycles. The number of carbonyl (C=O) groups is 2. The molecule has 0 aliphatic rings. The van der Waals surface area contributed by atoms with Crippen LogP contribution in [0.2, 0.25) is 0 Å². The minimum Gasteiger partial charge on any atom is -0.480 e. The lowest BCUT2D eigenvalue weighted by molar-refractivity contribution is -0.138. The number of carboxylic acids is 1. The predicted molar refractivity (Wildman–Crippen MR) is 90.4 cm³/mol. The van der Waals surface area contributed by atoms with Gasteiger partial charge in [-0.2, -0.15) is 0 Å². The number of carboxylic acid groups (broad SMARTS) is 1. The fraction of sp³-hybridized carbons (Fsp3) is 0.263. The van der Waals surface area contributed by atoms with E-state index in [1.54, 1.807) is 0 Å². The maximum absolute atomic E-state index is 12.5. The second-order valence-corrected chi connectivity index (χ2v) is 5.40. The van der Waals surface area contributed by atoms with Gasteiger partial charge in [0, 0.05) is 0 Å². The van der Waals surface area contributed by atoms with Crippen molar-refractivity contribution in [3.05, 3.63) is 71.8 Å². The van der Waals surface area contributed by atoms with Gasteiger partial charge in [-0.25, -0.2) is 4.79 Å². The van der Waals surface area contributed by atoms with E-state index in [4.69, 9.17) is 9.84 Å². The van der Waals surface area contributed by atoms with Gasteiger partial charge in [0.25, 0.3) is 0 Å². The van der Waals surface area contributed by atoms with E-state index in [0.717, 1.165) is 11.1 Å². The van der Waals surface area contributed by atoms with Gasteiger partial charge >= 0.3 is 12.1 Å². The highest BCUT2D eigenvalue weighted by Crippen LogP contribution is 2.25. The molecular formula is C19H21NO4. The van der Waals surface area contributed by atoms with Gasteiger partial charge in [-0.1, -0.05) is 67.6 Å². The summed E-state index contributed by atoms with van der Waals surface area (Å²) in [7, 11) is 0. The Kier molecular flexibility index (Phi) is 6.37. The van der Waals surface area contributed by atoms with E-state index in [0.29, 0.717) is 6.42 Å². The lowest BCUT2D eigenvalue weighted by Gasteiger charge is -2.29. The monoisotopic (exact) mass is 327 g/mol. The third kappa shape index (κ3) is 4.84. The number of rotatable bonds is 7. The topological polar surface area (TPSA) is 66.8 Å². The highest BCUT2D eigenvalue weighted by atomic mass is 16.6. The molecule has 1 N–H and O–H groups in total. The van der Waals surface area contributed by atoms with E-state index in [-0.39, 0.29) is 12.6 Å². The van der Waals surface area contributed by atoms with Gasteiger partial charge in [0.2, 0.25) is 0 Å². The molecule has 0 saturated heterocycles. The van der Waals surface area contributed by atoms with Crippen LogP contribution in [0, 0.1) is 0 Å². The van der Waals surface area contributed by atoms with Gasteiger partial charge in [0.1, 0.15) is 13.2 Å². The molecule has 5 nitrogen and oxygen atoms in total. The molecule has 0 bridgehead atoms. The molecule has 1 amide bonds. The number of hydrogen-bond donors (Lipinski definition) is 1. The number of ether oxygens (including phenoxy) is 1.